The maximum Gasteiger partial charge on any atom is 0.306 e. The minimum atomic E-state index is -0.664. The first-order valence-corrected chi connectivity index (χ1v) is 4.60. The van der Waals surface area contributed by atoms with Gasteiger partial charge in [0.05, 0.1) is 5.92 Å². The van der Waals surface area contributed by atoms with Gasteiger partial charge in [-0.25, -0.2) is 0 Å². The zero-order chi connectivity index (χ0) is 9.40. The van der Waals surface area contributed by atoms with Crippen LogP contribution in [-0.4, -0.2) is 11.1 Å². The van der Waals surface area contributed by atoms with E-state index in [2.05, 4.69) is 19.1 Å². The number of carboxylic acids is 1. The Kier molecular flexibility index (Phi) is 6.44. The van der Waals surface area contributed by atoms with E-state index in [4.69, 9.17) is 5.11 Å². The van der Waals surface area contributed by atoms with Gasteiger partial charge in [0.2, 0.25) is 0 Å². The van der Waals surface area contributed by atoms with E-state index in [1.807, 2.05) is 6.92 Å². The molecule has 0 aromatic heterocycles. The van der Waals surface area contributed by atoms with Crippen LogP contribution in [0.2, 0.25) is 0 Å². The number of carboxylic acid groups (broad SMARTS) is 1. The van der Waals surface area contributed by atoms with Crippen molar-refractivity contribution in [3.05, 3.63) is 12.2 Å². The molecule has 0 aliphatic heterocycles. The highest BCUT2D eigenvalue weighted by molar-refractivity contribution is 5.69. The Labute approximate surface area is 74.3 Å². The summed E-state index contributed by atoms with van der Waals surface area (Å²) >= 11 is 0. The normalized spacial score (nSPS) is 13.5. The lowest BCUT2D eigenvalue weighted by Crippen LogP contribution is -2.11. The van der Waals surface area contributed by atoms with Crippen molar-refractivity contribution in [2.45, 2.75) is 39.5 Å². The highest BCUT2D eigenvalue weighted by Gasteiger charge is 2.12. The molecule has 0 bridgehead atoms. The summed E-state index contributed by atoms with van der Waals surface area (Å²) in [7, 11) is 0. The lowest BCUT2D eigenvalue weighted by Gasteiger charge is -2.06. The predicted molar refractivity (Wildman–Crippen MR) is 50.1 cm³/mol. The third-order valence-corrected chi connectivity index (χ3v) is 1.93. The summed E-state index contributed by atoms with van der Waals surface area (Å²) in [5, 5.41) is 8.71. The zero-order valence-corrected chi connectivity index (χ0v) is 7.92. The third kappa shape index (κ3) is 4.94. The first-order chi connectivity index (χ1) is 5.72. The van der Waals surface area contributed by atoms with E-state index in [0.717, 1.165) is 25.7 Å². The molecule has 1 atom stereocenters. The number of hydrogen-bond donors (Lipinski definition) is 1. The minimum Gasteiger partial charge on any atom is -0.481 e. The Balaban J connectivity index is 3.58. The predicted octanol–water partition coefficient (Wildman–Crippen LogP) is 2.84. The van der Waals surface area contributed by atoms with E-state index in [-0.39, 0.29) is 5.92 Å². The fourth-order valence-corrected chi connectivity index (χ4v) is 1.08. The van der Waals surface area contributed by atoms with E-state index in [1.165, 1.54) is 0 Å². The molecular formula is C10H18O2. The molecule has 0 aliphatic rings. The van der Waals surface area contributed by atoms with E-state index in [1.54, 1.807) is 0 Å². The van der Waals surface area contributed by atoms with Crippen molar-refractivity contribution in [1.82, 2.24) is 0 Å². The van der Waals surface area contributed by atoms with Crippen LogP contribution in [0.25, 0.3) is 0 Å². The van der Waals surface area contributed by atoms with Crippen LogP contribution in [0.3, 0.4) is 0 Å². The molecule has 0 fully saturated rings. The molecule has 0 saturated carbocycles. The summed E-state index contributed by atoms with van der Waals surface area (Å²) in [6.07, 6.45) is 7.56. The van der Waals surface area contributed by atoms with Crippen LogP contribution >= 0.6 is 0 Å². The van der Waals surface area contributed by atoms with E-state index < -0.39 is 5.97 Å². The average Bonchev–Trinajstić information content (AvgIpc) is 2.04. The summed E-state index contributed by atoms with van der Waals surface area (Å²) in [6, 6.07) is 0. The second-order valence-electron chi connectivity index (χ2n) is 2.90. The fourth-order valence-electron chi connectivity index (χ4n) is 1.08. The van der Waals surface area contributed by atoms with Crippen molar-refractivity contribution in [3.8, 4) is 0 Å². The molecule has 0 rings (SSSR count). The summed E-state index contributed by atoms with van der Waals surface area (Å²) in [4.78, 5) is 10.6. The van der Waals surface area contributed by atoms with Crippen molar-refractivity contribution < 1.29 is 9.90 Å². The van der Waals surface area contributed by atoms with Gasteiger partial charge in [0.1, 0.15) is 0 Å². The first-order valence-electron chi connectivity index (χ1n) is 4.60. The van der Waals surface area contributed by atoms with Gasteiger partial charge in [0.25, 0.3) is 0 Å². The molecule has 0 aromatic carbocycles. The van der Waals surface area contributed by atoms with Crippen molar-refractivity contribution in [1.29, 1.82) is 0 Å². The summed E-state index contributed by atoms with van der Waals surface area (Å²) < 4.78 is 0. The van der Waals surface area contributed by atoms with Crippen LogP contribution in [0.15, 0.2) is 12.2 Å². The molecule has 1 unspecified atom stereocenters. The molecular weight excluding hydrogens is 152 g/mol. The van der Waals surface area contributed by atoms with Crippen LogP contribution < -0.4 is 0 Å². The van der Waals surface area contributed by atoms with Gasteiger partial charge >= 0.3 is 5.97 Å². The number of hydrogen-bond acceptors (Lipinski definition) is 1. The Bertz CT molecular complexity index is 150. The SMILES string of the molecule is CC/C=C/CCC(CC)C(=O)O. The molecule has 0 aromatic rings. The van der Waals surface area contributed by atoms with Crippen LogP contribution in [0.4, 0.5) is 0 Å². The largest absolute Gasteiger partial charge is 0.481 e. The maximum atomic E-state index is 10.6. The van der Waals surface area contributed by atoms with Crippen LogP contribution in [0.5, 0.6) is 0 Å². The Morgan fingerprint density at radius 3 is 2.50 bits per heavy atom. The van der Waals surface area contributed by atoms with Gasteiger partial charge in [-0.1, -0.05) is 26.0 Å². The fraction of sp³-hybridized carbons (Fsp3) is 0.700. The standard InChI is InChI=1S/C10H18O2/c1-3-5-6-7-8-9(4-2)10(11)12/h5-6,9H,3-4,7-8H2,1-2H3,(H,11,12)/b6-5+. The summed E-state index contributed by atoms with van der Waals surface area (Å²) in [5.74, 6) is -0.825. The molecule has 0 spiro atoms. The lowest BCUT2D eigenvalue weighted by atomic mass is 10.0. The highest BCUT2D eigenvalue weighted by Crippen LogP contribution is 2.11. The van der Waals surface area contributed by atoms with Crippen molar-refractivity contribution in [3.63, 3.8) is 0 Å². The molecule has 0 heterocycles. The molecule has 12 heavy (non-hydrogen) atoms. The van der Waals surface area contributed by atoms with Gasteiger partial charge in [-0.2, -0.15) is 0 Å². The third-order valence-electron chi connectivity index (χ3n) is 1.93. The molecule has 70 valence electrons. The van der Waals surface area contributed by atoms with Crippen molar-refractivity contribution >= 4 is 5.97 Å². The summed E-state index contributed by atoms with van der Waals surface area (Å²) in [5.41, 5.74) is 0. The number of rotatable bonds is 6. The molecule has 0 aliphatic carbocycles. The van der Waals surface area contributed by atoms with Gasteiger partial charge in [0, 0.05) is 0 Å². The van der Waals surface area contributed by atoms with Crippen molar-refractivity contribution in [2.75, 3.05) is 0 Å². The van der Waals surface area contributed by atoms with E-state index >= 15 is 0 Å². The Hall–Kier alpha value is -0.790. The molecule has 0 radical (unpaired) electrons. The molecule has 0 saturated heterocycles. The van der Waals surface area contributed by atoms with Crippen LogP contribution in [0.1, 0.15) is 39.5 Å². The second-order valence-corrected chi connectivity index (χ2v) is 2.90. The van der Waals surface area contributed by atoms with Gasteiger partial charge in [-0.05, 0) is 25.7 Å². The molecule has 1 N–H and O–H groups in total. The highest BCUT2D eigenvalue weighted by atomic mass is 16.4. The zero-order valence-electron chi connectivity index (χ0n) is 7.92. The Morgan fingerprint density at radius 2 is 2.08 bits per heavy atom. The monoisotopic (exact) mass is 170 g/mol. The van der Waals surface area contributed by atoms with Crippen LogP contribution in [-0.2, 0) is 4.79 Å². The molecule has 2 nitrogen and oxygen atoms in total. The van der Waals surface area contributed by atoms with Gasteiger partial charge in [-0.3, -0.25) is 4.79 Å². The number of aliphatic carboxylic acids is 1. The van der Waals surface area contributed by atoms with E-state index in [0.29, 0.717) is 0 Å². The molecule has 0 amide bonds. The minimum absolute atomic E-state index is 0.161. The van der Waals surface area contributed by atoms with Crippen LogP contribution in [0, 0.1) is 5.92 Å². The number of carbonyl (C=O) groups is 1. The summed E-state index contributed by atoms with van der Waals surface area (Å²) in [6.45, 7) is 3.99. The Morgan fingerprint density at radius 1 is 1.42 bits per heavy atom. The molecule has 2 heteroatoms. The van der Waals surface area contributed by atoms with Crippen molar-refractivity contribution in [2.24, 2.45) is 5.92 Å². The van der Waals surface area contributed by atoms with Gasteiger partial charge < -0.3 is 5.11 Å². The second kappa shape index (κ2) is 6.89. The van der Waals surface area contributed by atoms with Gasteiger partial charge in [0.15, 0.2) is 0 Å². The van der Waals surface area contributed by atoms with Gasteiger partial charge in [-0.15, -0.1) is 0 Å². The smallest absolute Gasteiger partial charge is 0.306 e. The van der Waals surface area contributed by atoms with E-state index in [9.17, 15) is 4.79 Å². The maximum absolute atomic E-state index is 10.6. The topological polar surface area (TPSA) is 37.3 Å². The quantitative estimate of drug-likeness (QED) is 0.622. The average molecular weight is 170 g/mol. The number of allylic oxidation sites excluding steroid dienone is 2. The first kappa shape index (κ1) is 11.2. The lowest BCUT2D eigenvalue weighted by molar-refractivity contribution is -0.142.